The molecule has 206 valence electrons. The van der Waals surface area contributed by atoms with E-state index in [4.69, 9.17) is 4.74 Å². The Morgan fingerprint density at radius 2 is 1.54 bits per heavy atom. The van der Waals surface area contributed by atoms with Crippen LogP contribution < -0.4 is 5.32 Å². The SMILES string of the molecule is CCCCCCCCCCCOC(=O)CCCCCN1CCC(NC(=O)CCN(C)C)CC1CC. The molecule has 0 bridgehead atoms. The fourth-order valence-electron chi connectivity index (χ4n) is 5.01. The third-order valence-electron chi connectivity index (χ3n) is 7.30. The number of ether oxygens (including phenoxy) is 1. The van der Waals surface area contributed by atoms with Gasteiger partial charge >= 0.3 is 5.97 Å². The van der Waals surface area contributed by atoms with Gasteiger partial charge in [0, 0.05) is 38.0 Å². The minimum Gasteiger partial charge on any atom is -0.466 e. The minimum atomic E-state index is -0.0261. The van der Waals surface area contributed by atoms with E-state index in [1.54, 1.807) is 0 Å². The van der Waals surface area contributed by atoms with Crippen molar-refractivity contribution in [1.29, 1.82) is 0 Å². The van der Waals surface area contributed by atoms with Crippen LogP contribution in [0.2, 0.25) is 0 Å². The summed E-state index contributed by atoms with van der Waals surface area (Å²) in [6.45, 7) is 8.04. The first-order chi connectivity index (χ1) is 17.0. The third kappa shape index (κ3) is 17.0. The summed E-state index contributed by atoms with van der Waals surface area (Å²) in [4.78, 5) is 28.8. The molecule has 1 rings (SSSR count). The van der Waals surface area contributed by atoms with E-state index in [1.165, 1.54) is 51.4 Å². The Labute approximate surface area is 216 Å². The number of nitrogens with zero attached hydrogens (tertiary/aromatic N) is 2. The first kappa shape index (κ1) is 31.9. The van der Waals surface area contributed by atoms with E-state index in [2.05, 4.69) is 29.0 Å². The van der Waals surface area contributed by atoms with Gasteiger partial charge in [-0.05, 0) is 59.2 Å². The maximum atomic E-state index is 12.2. The molecule has 2 unspecified atom stereocenters. The molecular formula is C29H57N3O3. The number of piperidine rings is 1. The Bertz CT molecular complexity index is 541. The molecule has 1 fully saturated rings. The average molecular weight is 496 g/mol. The number of rotatable bonds is 21. The second-order valence-corrected chi connectivity index (χ2v) is 10.8. The van der Waals surface area contributed by atoms with Crippen molar-refractivity contribution in [2.24, 2.45) is 0 Å². The number of carbonyl (C=O) groups is 2. The third-order valence-corrected chi connectivity index (χ3v) is 7.30. The standard InChI is InChI=1S/C29H57N3O3/c1-5-7-8-9-10-11-12-13-17-24-35-29(34)18-15-14-16-21-32-23-19-26(25-27(32)6-2)30-28(33)20-22-31(3)4/h26-27H,5-25H2,1-4H3,(H,30,33). The molecule has 35 heavy (non-hydrogen) atoms. The molecule has 0 radical (unpaired) electrons. The van der Waals surface area contributed by atoms with Gasteiger partial charge in [-0.15, -0.1) is 0 Å². The molecular weight excluding hydrogens is 438 g/mol. The smallest absolute Gasteiger partial charge is 0.305 e. The van der Waals surface area contributed by atoms with Crippen molar-refractivity contribution in [3.8, 4) is 0 Å². The minimum absolute atomic E-state index is 0.0261. The van der Waals surface area contributed by atoms with E-state index >= 15 is 0 Å². The Balaban J connectivity index is 2.02. The predicted molar refractivity (Wildman–Crippen MR) is 147 cm³/mol. The van der Waals surface area contributed by atoms with Crippen LogP contribution in [0.4, 0.5) is 0 Å². The van der Waals surface area contributed by atoms with Crippen LogP contribution in [0, 0.1) is 0 Å². The van der Waals surface area contributed by atoms with E-state index in [0.717, 1.165) is 64.6 Å². The van der Waals surface area contributed by atoms with E-state index in [-0.39, 0.29) is 11.9 Å². The van der Waals surface area contributed by atoms with Crippen molar-refractivity contribution in [1.82, 2.24) is 15.1 Å². The molecule has 0 spiro atoms. The highest BCUT2D eigenvalue weighted by Gasteiger charge is 2.27. The van der Waals surface area contributed by atoms with Gasteiger partial charge in [0.2, 0.25) is 5.91 Å². The highest BCUT2D eigenvalue weighted by atomic mass is 16.5. The van der Waals surface area contributed by atoms with Crippen LogP contribution in [0.1, 0.15) is 123 Å². The second-order valence-electron chi connectivity index (χ2n) is 10.8. The molecule has 0 aliphatic carbocycles. The summed E-state index contributed by atoms with van der Waals surface area (Å²) in [5.74, 6) is 0.151. The molecule has 0 saturated carbocycles. The lowest BCUT2D eigenvalue weighted by Crippen LogP contribution is -2.50. The number of likely N-dealkylation sites (tertiary alicyclic amines) is 1. The summed E-state index contributed by atoms with van der Waals surface area (Å²) in [5, 5.41) is 3.24. The Hall–Kier alpha value is -1.14. The van der Waals surface area contributed by atoms with Crippen molar-refractivity contribution in [2.75, 3.05) is 40.3 Å². The normalized spacial score (nSPS) is 18.7. The molecule has 1 amide bonds. The number of nitrogens with one attached hydrogen (secondary N) is 1. The zero-order valence-electron chi connectivity index (χ0n) is 23.6. The summed E-state index contributed by atoms with van der Waals surface area (Å²) in [6, 6.07) is 0.857. The van der Waals surface area contributed by atoms with Gasteiger partial charge in [0.25, 0.3) is 0 Å². The Morgan fingerprint density at radius 3 is 2.20 bits per heavy atom. The Kier molecular flexibility index (Phi) is 19.1. The van der Waals surface area contributed by atoms with Crippen LogP contribution in [0.5, 0.6) is 0 Å². The monoisotopic (exact) mass is 495 g/mol. The lowest BCUT2D eigenvalue weighted by atomic mass is 9.94. The van der Waals surface area contributed by atoms with Gasteiger partial charge in [-0.1, -0.05) is 71.6 Å². The first-order valence-electron chi connectivity index (χ1n) is 14.8. The molecule has 2 atom stereocenters. The summed E-state index contributed by atoms with van der Waals surface area (Å²) in [6.07, 6.45) is 19.0. The number of esters is 1. The van der Waals surface area contributed by atoms with Gasteiger partial charge in [-0.25, -0.2) is 0 Å². The maximum Gasteiger partial charge on any atom is 0.305 e. The largest absolute Gasteiger partial charge is 0.466 e. The fraction of sp³-hybridized carbons (Fsp3) is 0.931. The van der Waals surface area contributed by atoms with Crippen LogP contribution >= 0.6 is 0 Å². The van der Waals surface area contributed by atoms with Crippen molar-refractivity contribution in [3.05, 3.63) is 0 Å². The molecule has 1 aliphatic heterocycles. The van der Waals surface area contributed by atoms with Crippen LogP contribution in [-0.4, -0.2) is 74.1 Å². The van der Waals surface area contributed by atoms with E-state index in [0.29, 0.717) is 31.5 Å². The van der Waals surface area contributed by atoms with Gasteiger partial charge in [-0.2, -0.15) is 0 Å². The predicted octanol–water partition coefficient (Wildman–Crippen LogP) is 5.93. The van der Waals surface area contributed by atoms with Gasteiger partial charge in [0.05, 0.1) is 6.61 Å². The lowest BCUT2D eigenvalue weighted by Gasteiger charge is -2.39. The molecule has 0 aromatic rings. The van der Waals surface area contributed by atoms with Crippen LogP contribution in [0.25, 0.3) is 0 Å². The average Bonchev–Trinajstić information content (AvgIpc) is 2.84. The summed E-state index contributed by atoms with van der Waals surface area (Å²) in [5.41, 5.74) is 0. The second kappa shape index (κ2) is 21.0. The van der Waals surface area contributed by atoms with Gasteiger partial charge in [-0.3, -0.25) is 9.59 Å². The molecule has 0 aromatic carbocycles. The molecule has 0 aromatic heterocycles. The molecule has 6 heteroatoms. The van der Waals surface area contributed by atoms with Gasteiger partial charge in [0.1, 0.15) is 0 Å². The Morgan fingerprint density at radius 1 is 0.886 bits per heavy atom. The zero-order chi connectivity index (χ0) is 25.7. The van der Waals surface area contributed by atoms with Crippen LogP contribution in [0.15, 0.2) is 0 Å². The van der Waals surface area contributed by atoms with Crippen LogP contribution in [0.3, 0.4) is 0 Å². The van der Waals surface area contributed by atoms with Gasteiger partial charge < -0.3 is 19.9 Å². The molecule has 1 N–H and O–H groups in total. The molecule has 1 heterocycles. The number of hydrogen-bond donors (Lipinski definition) is 1. The highest BCUT2D eigenvalue weighted by Crippen LogP contribution is 2.21. The topological polar surface area (TPSA) is 61.9 Å². The summed E-state index contributed by atoms with van der Waals surface area (Å²) >= 11 is 0. The number of amides is 1. The van der Waals surface area contributed by atoms with Crippen molar-refractivity contribution >= 4 is 11.9 Å². The van der Waals surface area contributed by atoms with Crippen molar-refractivity contribution in [2.45, 2.75) is 135 Å². The van der Waals surface area contributed by atoms with Crippen molar-refractivity contribution < 1.29 is 14.3 Å². The number of carbonyl (C=O) groups excluding carboxylic acids is 2. The summed E-state index contributed by atoms with van der Waals surface area (Å²) in [7, 11) is 4.00. The lowest BCUT2D eigenvalue weighted by molar-refractivity contribution is -0.143. The summed E-state index contributed by atoms with van der Waals surface area (Å²) < 4.78 is 5.42. The van der Waals surface area contributed by atoms with E-state index in [9.17, 15) is 9.59 Å². The van der Waals surface area contributed by atoms with Crippen LogP contribution in [-0.2, 0) is 14.3 Å². The zero-order valence-corrected chi connectivity index (χ0v) is 23.6. The highest BCUT2D eigenvalue weighted by molar-refractivity contribution is 5.76. The molecule has 1 saturated heterocycles. The number of unbranched alkanes of at least 4 members (excludes halogenated alkanes) is 10. The van der Waals surface area contributed by atoms with Gasteiger partial charge in [0.15, 0.2) is 0 Å². The quantitative estimate of drug-likeness (QED) is 0.158. The number of hydrogen-bond acceptors (Lipinski definition) is 5. The fourth-order valence-corrected chi connectivity index (χ4v) is 5.01. The first-order valence-corrected chi connectivity index (χ1v) is 14.8. The van der Waals surface area contributed by atoms with E-state index < -0.39 is 0 Å². The molecule has 1 aliphatic rings. The maximum absolute atomic E-state index is 12.2. The van der Waals surface area contributed by atoms with E-state index in [1.807, 2.05) is 14.1 Å². The van der Waals surface area contributed by atoms with Crippen molar-refractivity contribution in [3.63, 3.8) is 0 Å². The molecule has 6 nitrogen and oxygen atoms in total.